The van der Waals surface area contributed by atoms with Crippen molar-refractivity contribution in [1.82, 2.24) is 20.0 Å². The van der Waals surface area contributed by atoms with Gasteiger partial charge in [0.25, 0.3) is 5.91 Å². The Morgan fingerprint density at radius 2 is 1.71 bits per heavy atom. The van der Waals surface area contributed by atoms with Crippen LogP contribution in [-0.2, 0) is 4.79 Å². The zero-order valence-electron chi connectivity index (χ0n) is 13.7. The van der Waals surface area contributed by atoms with E-state index in [4.69, 9.17) is 0 Å². The van der Waals surface area contributed by atoms with E-state index >= 15 is 0 Å². The standard InChI is InChI=1S/C15H28N4O2/c1-12(2)18-10-8-17(9-11-18)6-5-7-19-13(20)15(3,4)16-14(19)21/h12H,5-11H2,1-4H3,(H,16,21). The maximum absolute atomic E-state index is 12.1. The van der Waals surface area contributed by atoms with Crippen LogP contribution < -0.4 is 5.32 Å². The van der Waals surface area contributed by atoms with E-state index in [-0.39, 0.29) is 11.9 Å². The van der Waals surface area contributed by atoms with Crippen LogP contribution in [-0.4, -0.2) is 77.5 Å². The number of nitrogens with one attached hydrogen (secondary N) is 1. The lowest BCUT2D eigenvalue weighted by atomic mass is 10.1. The van der Waals surface area contributed by atoms with Gasteiger partial charge in [-0.15, -0.1) is 0 Å². The minimum atomic E-state index is -0.750. The number of hydrogen-bond donors (Lipinski definition) is 1. The second kappa shape index (κ2) is 6.32. The van der Waals surface area contributed by atoms with Gasteiger partial charge < -0.3 is 10.2 Å². The summed E-state index contributed by atoms with van der Waals surface area (Å²) < 4.78 is 0. The molecule has 0 saturated carbocycles. The van der Waals surface area contributed by atoms with Crippen LogP contribution in [0.4, 0.5) is 4.79 Å². The molecule has 6 nitrogen and oxygen atoms in total. The number of piperazine rings is 1. The average molecular weight is 296 g/mol. The molecular weight excluding hydrogens is 268 g/mol. The molecule has 2 aliphatic heterocycles. The van der Waals surface area contributed by atoms with Crippen LogP contribution in [0, 0.1) is 0 Å². The van der Waals surface area contributed by atoms with Crippen LogP contribution in [0.25, 0.3) is 0 Å². The molecule has 0 aromatic rings. The molecule has 0 spiro atoms. The van der Waals surface area contributed by atoms with Gasteiger partial charge in [0.15, 0.2) is 0 Å². The molecule has 0 bridgehead atoms. The van der Waals surface area contributed by atoms with Gasteiger partial charge >= 0.3 is 6.03 Å². The van der Waals surface area contributed by atoms with E-state index in [0.717, 1.165) is 39.1 Å². The predicted octanol–water partition coefficient (Wildman–Crippen LogP) is 0.733. The van der Waals surface area contributed by atoms with Crippen molar-refractivity contribution < 1.29 is 9.59 Å². The molecule has 2 heterocycles. The van der Waals surface area contributed by atoms with Gasteiger partial charge in [-0.2, -0.15) is 0 Å². The summed E-state index contributed by atoms with van der Waals surface area (Å²) in [5.41, 5.74) is -0.750. The van der Waals surface area contributed by atoms with E-state index < -0.39 is 5.54 Å². The quantitative estimate of drug-likeness (QED) is 0.760. The summed E-state index contributed by atoms with van der Waals surface area (Å²) in [6, 6.07) is 0.356. The Labute approximate surface area is 127 Å². The van der Waals surface area contributed by atoms with Crippen molar-refractivity contribution in [2.24, 2.45) is 0 Å². The maximum atomic E-state index is 12.1. The molecule has 0 unspecified atom stereocenters. The molecule has 120 valence electrons. The highest BCUT2D eigenvalue weighted by atomic mass is 16.2. The average Bonchev–Trinajstić information content (AvgIpc) is 2.61. The van der Waals surface area contributed by atoms with E-state index in [1.165, 1.54) is 4.90 Å². The third kappa shape index (κ3) is 3.74. The number of rotatable bonds is 5. The molecule has 0 aromatic carbocycles. The number of carbonyl (C=O) groups excluding carboxylic acids is 2. The third-order valence-electron chi connectivity index (χ3n) is 4.44. The third-order valence-corrected chi connectivity index (χ3v) is 4.44. The first-order chi connectivity index (χ1) is 9.81. The Bertz CT molecular complexity index is 400. The molecule has 3 amide bonds. The maximum Gasteiger partial charge on any atom is 0.325 e. The van der Waals surface area contributed by atoms with Crippen LogP contribution in [0.15, 0.2) is 0 Å². The second-order valence-corrected chi connectivity index (χ2v) is 6.84. The first-order valence-corrected chi connectivity index (χ1v) is 7.92. The molecule has 21 heavy (non-hydrogen) atoms. The molecule has 2 fully saturated rings. The second-order valence-electron chi connectivity index (χ2n) is 6.84. The van der Waals surface area contributed by atoms with Crippen molar-refractivity contribution in [3.05, 3.63) is 0 Å². The molecule has 0 aliphatic carbocycles. The van der Waals surface area contributed by atoms with Crippen molar-refractivity contribution in [3.63, 3.8) is 0 Å². The van der Waals surface area contributed by atoms with E-state index in [9.17, 15) is 9.59 Å². The van der Waals surface area contributed by atoms with Gasteiger partial charge in [0, 0.05) is 38.8 Å². The molecule has 2 aliphatic rings. The van der Waals surface area contributed by atoms with Gasteiger partial charge in [0.05, 0.1) is 0 Å². The predicted molar refractivity (Wildman–Crippen MR) is 82.1 cm³/mol. The van der Waals surface area contributed by atoms with Gasteiger partial charge in [-0.1, -0.05) is 0 Å². The van der Waals surface area contributed by atoms with Crippen molar-refractivity contribution >= 4 is 11.9 Å². The summed E-state index contributed by atoms with van der Waals surface area (Å²) >= 11 is 0. The highest BCUT2D eigenvalue weighted by Crippen LogP contribution is 2.17. The zero-order valence-corrected chi connectivity index (χ0v) is 13.7. The van der Waals surface area contributed by atoms with Crippen molar-refractivity contribution in [2.75, 3.05) is 39.3 Å². The monoisotopic (exact) mass is 296 g/mol. The molecular formula is C15H28N4O2. The fourth-order valence-electron chi connectivity index (χ4n) is 2.98. The lowest BCUT2D eigenvalue weighted by molar-refractivity contribution is -0.130. The smallest absolute Gasteiger partial charge is 0.324 e. The zero-order chi connectivity index (χ0) is 15.6. The Balaban J connectivity index is 1.71. The highest BCUT2D eigenvalue weighted by Gasteiger charge is 2.43. The van der Waals surface area contributed by atoms with Gasteiger partial charge in [0.1, 0.15) is 5.54 Å². The number of imide groups is 1. The molecule has 0 radical (unpaired) electrons. The summed E-state index contributed by atoms with van der Waals surface area (Å²) in [5, 5.41) is 2.72. The first-order valence-electron chi connectivity index (χ1n) is 7.92. The minimum absolute atomic E-state index is 0.114. The lowest BCUT2D eigenvalue weighted by Crippen LogP contribution is -2.49. The van der Waals surface area contributed by atoms with Crippen LogP contribution in [0.1, 0.15) is 34.1 Å². The van der Waals surface area contributed by atoms with E-state index in [1.54, 1.807) is 13.8 Å². The van der Waals surface area contributed by atoms with Crippen LogP contribution >= 0.6 is 0 Å². The fraction of sp³-hybridized carbons (Fsp3) is 0.867. The lowest BCUT2D eigenvalue weighted by Gasteiger charge is -2.37. The topological polar surface area (TPSA) is 55.9 Å². The number of hydrogen-bond acceptors (Lipinski definition) is 4. The number of nitrogens with zero attached hydrogens (tertiary/aromatic N) is 3. The van der Waals surface area contributed by atoms with Crippen molar-refractivity contribution in [1.29, 1.82) is 0 Å². The summed E-state index contributed by atoms with van der Waals surface area (Å²) in [4.78, 5) is 30.1. The Hall–Kier alpha value is -1.14. The number of urea groups is 1. The summed E-state index contributed by atoms with van der Waals surface area (Å²) in [6.07, 6.45) is 0.844. The molecule has 2 saturated heterocycles. The van der Waals surface area contributed by atoms with Crippen molar-refractivity contribution in [2.45, 2.75) is 45.7 Å². The van der Waals surface area contributed by atoms with E-state index in [0.29, 0.717) is 12.6 Å². The van der Waals surface area contributed by atoms with Crippen LogP contribution in [0.3, 0.4) is 0 Å². The summed E-state index contributed by atoms with van der Waals surface area (Å²) in [5.74, 6) is -0.114. The van der Waals surface area contributed by atoms with Crippen LogP contribution in [0.5, 0.6) is 0 Å². The summed E-state index contributed by atoms with van der Waals surface area (Å²) in [6.45, 7) is 13.8. The Morgan fingerprint density at radius 1 is 1.10 bits per heavy atom. The number of carbonyl (C=O) groups is 2. The SMILES string of the molecule is CC(C)N1CCN(CCCN2C(=O)NC(C)(C)C2=O)CC1. The molecule has 2 rings (SSSR count). The van der Waals surface area contributed by atoms with E-state index in [1.807, 2.05) is 0 Å². The summed E-state index contributed by atoms with van der Waals surface area (Å²) in [7, 11) is 0. The molecule has 0 atom stereocenters. The Kier molecular flexibility index (Phi) is 4.88. The van der Waals surface area contributed by atoms with Gasteiger partial charge in [-0.05, 0) is 40.7 Å². The van der Waals surface area contributed by atoms with E-state index in [2.05, 4.69) is 29.0 Å². The van der Waals surface area contributed by atoms with Gasteiger partial charge in [0.2, 0.25) is 0 Å². The molecule has 0 aromatic heterocycles. The normalized spacial score (nSPS) is 24.0. The van der Waals surface area contributed by atoms with Crippen molar-refractivity contribution in [3.8, 4) is 0 Å². The van der Waals surface area contributed by atoms with Gasteiger partial charge in [-0.25, -0.2) is 4.79 Å². The van der Waals surface area contributed by atoms with Crippen LogP contribution in [0.2, 0.25) is 0 Å². The first kappa shape index (κ1) is 16.2. The highest BCUT2D eigenvalue weighted by molar-refractivity contribution is 6.06. The minimum Gasteiger partial charge on any atom is -0.324 e. The van der Waals surface area contributed by atoms with Gasteiger partial charge in [-0.3, -0.25) is 14.6 Å². The largest absolute Gasteiger partial charge is 0.325 e. The number of amides is 3. The molecule has 6 heteroatoms. The fourth-order valence-corrected chi connectivity index (χ4v) is 2.98. The molecule has 1 N–H and O–H groups in total. The Morgan fingerprint density at radius 3 is 2.19 bits per heavy atom.